The molecule has 0 spiro atoms. The van der Waals surface area contributed by atoms with E-state index in [1.165, 1.54) is 0 Å². The Bertz CT molecular complexity index is 1240. The maximum absolute atomic E-state index is 12.1. The van der Waals surface area contributed by atoms with Gasteiger partial charge in [-0.05, 0) is 29.2 Å². The molecular formula is C23H22N4O3. The highest BCUT2D eigenvalue weighted by atomic mass is 16.3. The highest BCUT2D eigenvalue weighted by Crippen LogP contribution is 2.25. The number of nitrogens with zero attached hydrogens (tertiary/aromatic N) is 1. The van der Waals surface area contributed by atoms with Crippen molar-refractivity contribution >= 4 is 16.8 Å². The van der Waals surface area contributed by atoms with Gasteiger partial charge in [-0.3, -0.25) is 14.8 Å². The van der Waals surface area contributed by atoms with Gasteiger partial charge >= 0.3 is 5.69 Å². The summed E-state index contributed by atoms with van der Waals surface area (Å²) in [4.78, 5) is 32.3. The number of aromatic amines is 2. The predicted octanol–water partition coefficient (Wildman–Crippen LogP) is 3.09. The molecule has 1 amide bonds. The van der Waals surface area contributed by atoms with Crippen LogP contribution in [0.4, 0.5) is 0 Å². The molecule has 0 aliphatic rings. The van der Waals surface area contributed by atoms with Gasteiger partial charge in [-0.1, -0.05) is 49.4 Å². The van der Waals surface area contributed by atoms with E-state index in [2.05, 4.69) is 50.6 Å². The third kappa shape index (κ3) is 4.25. The number of carbonyl (C=O) groups is 1. The molecule has 0 fully saturated rings. The first-order valence-corrected chi connectivity index (χ1v) is 9.71. The van der Waals surface area contributed by atoms with Crippen LogP contribution in [0.5, 0.6) is 5.88 Å². The molecule has 4 aromatic rings. The number of imidazole rings is 1. The zero-order chi connectivity index (χ0) is 21.1. The van der Waals surface area contributed by atoms with Gasteiger partial charge in [0.15, 0.2) is 0 Å². The van der Waals surface area contributed by atoms with Crippen molar-refractivity contribution in [1.29, 1.82) is 0 Å². The second kappa shape index (κ2) is 8.24. The number of rotatable bonds is 6. The number of fused-ring (bicyclic) bond motifs is 1. The lowest BCUT2D eigenvalue weighted by atomic mass is 9.97. The topological polar surface area (TPSA) is 111 Å². The number of H-pyrrole nitrogens is 2. The fourth-order valence-corrected chi connectivity index (χ4v) is 3.38. The molecule has 1 atom stereocenters. The van der Waals surface area contributed by atoms with Crippen molar-refractivity contribution in [2.45, 2.75) is 19.3 Å². The lowest BCUT2D eigenvalue weighted by Gasteiger charge is -2.14. The number of pyridine rings is 1. The summed E-state index contributed by atoms with van der Waals surface area (Å²) in [5.41, 5.74) is 3.86. The van der Waals surface area contributed by atoms with Gasteiger partial charge in [-0.15, -0.1) is 0 Å². The molecule has 30 heavy (non-hydrogen) atoms. The number of aromatic nitrogens is 3. The van der Waals surface area contributed by atoms with Crippen LogP contribution >= 0.6 is 0 Å². The van der Waals surface area contributed by atoms with Crippen LogP contribution in [-0.2, 0) is 11.2 Å². The summed E-state index contributed by atoms with van der Waals surface area (Å²) in [6.07, 6.45) is 1.78. The summed E-state index contributed by atoms with van der Waals surface area (Å²) < 4.78 is 0. The van der Waals surface area contributed by atoms with Gasteiger partial charge in [0, 0.05) is 23.7 Å². The van der Waals surface area contributed by atoms with Crippen LogP contribution in [0.3, 0.4) is 0 Å². The molecule has 4 N–H and O–H groups in total. The Kier molecular flexibility index (Phi) is 5.34. The molecule has 0 saturated heterocycles. The van der Waals surface area contributed by atoms with E-state index in [0.29, 0.717) is 6.54 Å². The molecular weight excluding hydrogens is 380 g/mol. The third-order valence-corrected chi connectivity index (χ3v) is 5.13. The SMILES string of the molecule is CC(CNC(=O)Cc1[nH]c(=O)[nH]c1O)c1ccc(-c2cnc3ccccc3c2)cc1. The molecule has 152 valence electrons. The standard InChI is InChI=1S/C23H22N4O3/c1-14(12-25-21(28)11-20-22(29)27-23(30)26-20)15-6-8-16(9-7-15)18-10-17-4-2-3-5-19(17)24-13-18/h2-10,13-14,29H,11-12H2,1H3,(H,25,28)(H2,26,27,30). The molecule has 0 aliphatic carbocycles. The van der Waals surface area contributed by atoms with Gasteiger partial charge in [0.05, 0.1) is 17.6 Å². The predicted molar refractivity (Wildman–Crippen MR) is 115 cm³/mol. The van der Waals surface area contributed by atoms with Crippen LogP contribution in [0.25, 0.3) is 22.0 Å². The van der Waals surface area contributed by atoms with Gasteiger partial charge in [-0.25, -0.2) is 4.79 Å². The van der Waals surface area contributed by atoms with E-state index in [9.17, 15) is 14.7 Å². The summed E-state index contributed by atoms with van der Waals surface area (Å²) in [6.45, 7) is 2.48. The number of carbonyl (C=O) groups excluding carboxylic acids is 1. The van der Waals surface area contributed by atoms with Gasteiger partial charge < -0.3 is 15.4 Å². The van der Waals surface area contributed by atoms with Gasteiger partial charge in [0.1, 0.15) is 0 Å². The third-order valence-electron chi connectivity index (χ3n) is 5.13. The summed E-state index contributed by atoms with van der Waals surface area (Å²) in [7, 11) is 0. The molecule has 0 saturated carbocycles. The number of amides is 1. The number of hydrogen-bond donors (Lipinski definition) is 4. The van der Waals surface area contributed by atoms with Crippen molar-refractivity contribution in [1.82, 2.24) is 20.3 Å². The lowest BCUT2D eigenvalue weighted by Crippen LogP contribution is -2.29. The van der Waals surface area contributed by atoms with Crippen molar-refractivity contribution in [2.75, 3.05) is 6.54 Å². The molecule has 0 aliphatic heterocycles. The van der Waals surface area contributed by atoms with Gasteiger partial charge in [-0.2, -0.15) is 0 Å². The first kappa shape index (κ1) is 19.4. The zero-order valence-corrected chi connectivity index (χ0v) is 16.5. The highest BCUT2D eigenvalue weighted by Gasteiger charge is 2.13. The van der Waals surface area contributed by atoms with E-state index < -0.39 is 5.69 Å². The second-order valence-corrected chi connectivity index (χ2v) is 7.33. The van der Waals surface area contributed by atoms with Crippen LogP contribution in [-0.4, -0.2) is 32.5 Å². The van der Waals surface area contributed by atoms with Crippen LogP contribution < -0.4 is 11.0 Å². The van der Waals surface area contributed by atoms with Gasteiger partial charge in [0.2, 0.25) is 11.8 Å². The molecule has 4 rings (SSSR count). The first-order chi connectivity index (χ1) is 14.5. The molecule has 1 unspecified atom stereocenters. The molecule has 2 aromatic heterocycles. The quantitative estimate of drug-likeness (QED) is 0.397. The maximum Gasteiger partial charge on any atom is 0.325 e. The van der Waals surface area contributed by atoms with E-state index >= 15 is 0 Å². The van der Waals surface area contributed by atoms with Crippen molar-refractivity contribution in [3.05, 3.63) is 82.5 Å². The lowest BCUT2D eigenvalue weighted by molar-refractivity contribution is -0.120. The van der Waals surface area contributed by atoms with Crippen LogP contribution in [0.15, 0.2) is 65.6 Å². The highest BCUT2D eigenvalue weighted by molar-refractivity contribution is 5.83. The average molecular weight is 402 g/mol. The largest absolute Gasteiger partial charge is 0.493 e. The van der Waals surface area contributed by atoms with Crippen LogP contribution in [0.1, 0.15) is 24.1 Å². The van der Waals surface area contributed by atoms with Crippen molar-refractivity contribution in [3.8, 4) is 17.0 Å². The number of benzene rings is 2. The minimum absolute atomic E-state index is 0.0921. The zero-order valence-electron chi connectivity index (χ0n) is 16.5. The minimum atomic E-state index is -0.537. The maximum atomic E-state index is 12.1. The molecule has 7 heteroatoms. The summed E-state index contributed by atoms with van der Waals surface area (Å²) in [5, 5.41) is 13.5. The van der Waals surface area contributed by atoms with E-state index in [1.54, 1.807) is 0 Å². The Morgan fingerprint density at radius 3 is 2.60 bits per heavy atom. The Labute approximate surface area is 172 Å². The van der Waals surface area contributed by atoms with Crippen molar-refractivity contribution in [3.63, 3.8) is 0 Å². The van der Waals surface area contributed by atoms with Crippen molar-refractivity contribution in [2.24, 2.45) is 0 Å². The summed E-state index contributed by atoms with van der Waals surface area (Å²) >= 11 is 0. The number of hydrogen-bond acceptors (Lipinski definition) is 4. The molecule has 2 aromatic carbocycles. The monoisotopic (exact) mass is 402 g/mol. The molecule has 0 bridgehead atoms. The van der Waals surface area contributed by atoms with Crippen LogP contribution in [0.2, 0.25) is 0 Å². The summed E-state index contributed by atoms with van der Waals surface area (Å²) in [6, 6.07) is 18.4. The number of nitrogens with one attached hydrogen (secondary N) is 3. The number of para-hydroxylation sites is 1. The fourth-order valence-electron chi connectivity index (χ4n) is 3.38. The Morgan fingerprint density at radius 2 is 1.87 bits per heavy atom. The fraction of sp³-hybridized carbons (Fsp3) is 0.174. The van der Waals surface area contributed by atoms with E-state index in [-0.39, 0.29) is 29.8 Å². The Morgan fingerprint density at radius 1 is 1.10 bits per heavy atom. The Balaban J connectivity index is 1.38. The van der Waals surface area contributed by atoms with Gasteiger partial charge in [0.25, 0.3) is 0 Å². The smallest absolute Gasteiger partial charge is 0.325 e. The number of aromatic hydroxyl groups is 1. The van der Waals surface area contributed by atoms with E-state index in [0.717, 1.165) is 27.6 Å². The second-order valence-electron chi connectivity index (χ2n) is 7.33. The average Bonchev–Trinajstić information content (AvgIpc) is 3.08. The first-order valence-electron chi connectivity index (χ1n) is 9.71. The minimum Gasteiger partial charge on any atom is -0.493 e. The molecule has 2 heterocycles. The van der Waals surface area contributed by atoms with E-state index in [1.807, 2.05) is 37.4 Å². The normalized spacial score (nSPS) is 12.0. The molecule has 0 radical (unpaired) electrons. The Hall–Kier alpha value is -3.87. The summed E-state index contributed by atoms with van der Waals surface area (Å²) in [5.74, 6) is -0.468. The van der Waals surface area contributed by atoms with E-state index in [4.69, 9.17) is 0 Å². The molecule has 7 nitrogen and oxygen atoms in total. The van der Waals surface area contributed by atoms with Crippen LogP contribution in [0, 0.1) is 0 Å². The van der Waals surface area contributed by atoms with Crippen molar-refractivity contribution < 1.29 is 9.90 Å².